The average molecular weight is 304 g/mol. The summed E-state index contributed by atoms with van der Waals surface area (Å²) in [5.74, 6) is 1.07. The fraction of sp³-hybridized carbons (Fsp3) is 0.158. The Morgan fingerprint density at radius 2 is 1.87 bits per heavy atom. The molecule has 2 aromatic carbocycles. The van der Waals surface area contributed by atoms with E-state index in [2.05, 4.69) is 0 Å². The van der Waals surface area contributed by atoms with Crippen LogP contribution in [0.15, 0.2) is 48.0 Å². The lowest BCUT2D eigenvalue weighted by Crippen LogP contribution is -2.00. The molecule has 4 nitrogen and oxygen atoms in total. The van der Waals surface area contributed by atoms with Crippen LogP contribution in [0.25, 0.3) is 6.08 Å². The summed E-state index contributed by atoms with van der Waals surface area (Å²) in [6.07, 6.45) is 1.49. The number of para-hydroxylation sites is 1. The van der Waals surface area contributed by atoms with Crippen molar-refractivity contribution in [3.8, 4) is 23.6 Å². The largest absolute Gasteiger partial charge is 0.493 e. The van der Waals surface area contributed by atoms with Crippen molar-refractivity contribution in [1.82, 2.24) is 0 Å². The number of nitriles is 2. The fourth-order valence-corrected chi connectivity index (χ4v) is 2.16. The van der Waals surface area contributed by atoms with Crippen LogP contribution >= 0.6 is 0 Å². The van der Waals surface area contributed by atoms with Gasteiger partial charge in [-0.05, 0) is 24.6 Å². The van der Waals surface area contributed by atoms with Gasteiger partial charge in [-0.3, -0.25) is 0 Å². The molecule has 0 radical (unpaired) electrons. The second kappa shape index (κ2) is 7.68. The number of methoxy groups -OCH3 is 1. The van der Waals surface area contributed by atoms with Gasteiger partial charge in [0.1, 0.15) is 24.3 Å². The summed E-state index contributed by atoms with van der Waals surface area (Å²) in [6.45, 7) is 2.39. The number of hydrogen-bond acceptors (Lipinski definition) is 4. The molecular weight excluding hydrogens is 288 g/mol. The third-order valence-corrected chi connectivity index (χ3v) is 3.24. The number of rotatable bonds is 5. The fourth-order valence-electron chi connectivity index (χ4n) is 2.16. The lowest BCUT2D eigenvalue weighted by atomic mass is 10.1. The topological polar surface area (TPSA) is 66.0 Å². The van der Waals surface area contributed by atoms with Gasteiger partial charge in [0.2, 0.25) is 0 Å². The zero-order valence-electron chi connectivity index (χ0n) is 13.0. The molecule has 0 aromatic heterocycles. The zero-order valence-corrected chi connectivity index (χ0v) is 13.0. The molecule has 0 aliphatic carbocycles. The minimum absolute atomic E-state index is 0.0126. The molecule has 0 atom stereocenters. The number of hydrogen-bond donors (Lipinski definition) is 0. The Balaban J connectivity index is 2.34. The molecule has 114 valence electrons. The third-order valence-electron chi connectivity index (χ3n) is 3.24. The molecule has 0 unspecified atom stereocenters. The van der Waals surface area contributed by atoms with Gasteiger partial charge in [-0.25, -0.2) is 0 Å². The van der Waals surface area contributed by atoms with Crippen LogP contribution in [0.1, 0.15) is 16.7 Å². The van der Waals surface area contributed by atoms with Crippen molar-refractivity contribution in [3.63, 3.8) is 0 Å². The van der Waals surface area contributed by atoms with Crippen LogP contribution in [-0.4, -0.2) is 7.11 Å². The summed E-state index contributed by atoms with van der Waals surface area (Å²) < 4.78 is 11.2. The molecule has 0 saturated heterocycles. The average Bonchev–Trinajstić information content (AvgIpc) is 2.58. The number of allylic oxidation sites excluding steroid dienone is 1. The molecule has 0 aliphatic rings. The molecule has 2 aromatic rings. The van der Waals surface area contributed by atoms with Crippen LogP contribution in [0.5, 0.6) is 11.5 Å². The van der Waals surface area contributed by atoms with Gasteiger partial charge >= 0.3 is 0 Å². The Morgan fingerprint density at radius 3 is 2.52 bits per heavy atom. The molecule has 0 bridgehead atoms. The van der Waals surface area contributed by atoms with E-state index in [4.69, 9.17) is 20.0 Å². The Hall–Kier alpha value is -3.24. The van der Waals surface area contributed by atoms with Gasteiger partial charge in [-0.15, -0.1) is 0 Å². The number of aryl methyl sites for hydroxylation is 1. The number of ether oxygens (including phenoxy) is 2. The minimum Gasteiger partial charge on any atom is -0.493 e. The second-order valence-electron chi connectivity index (χ2n) is 4.94. The lowest BCUT2D eigenvalue weighted by molar-refractivity contribution is 0.284. The van der Waals surface area contributed by atoms with Crippen LogP contribution in [-0.2, 0) is 6.61 Å². The van der Waals surface area contributed by atoms with E-state index in [9.17, 15) is 0 Å². The maximum Gasteiger partial charge on any atom is 0.168 e. The summed E-state index contributed by atoms with van der Waals surface area (Å²) >= 11 is 0. The normalized spacial score (nSPS) is 9.39. The monoisotopic (exact) mass is 304 g/mol. The van der Waals surface area contributed by atoms with Crippen molar-refractivity contribution in [2.24, 2.45) is 0 Å². The highest BCUT2D eigenvalue weighted by Gasteiger charge is 2.10. The summed E-state index contributed by atoms with van der Waals surface area (Å²) in [6, 6.07) is 17.1. The summed E-state index contributed by atoms with van der Waals surface area (Å²) in [5, 5.41) is 17.9. The van der Waals surface area contributed by atoms with Gasteiger partial charge in [-0.2, -0.15) is 10.5 Å². The molecule has 0 aliphatic heterocycles. The van der Waals surface area contributed by atoms with Gasteiger partial charge in [0.25, 0.3) is 0 Å². The smallest absolute Gasteiger partial charge is 0.168 e. The van der Waals surface area contributed by atoms with Crippen molar-refractivity contribution in [3.05, 3.63) is 64.7 Å². The zero-order chi connectivity index (χ0) is 16.7. The van der Waals surface area contributed by atoms with Gasteiger partial charge < -0.3 is 9.47 Å². The van der Waals surface area contributed by atoms with E-state index in [0.717, 1.165) is 11.1 Å². The quantitative estimate of drug-likeness (QED) is 0.783. The van der Waals surface area contributed by atoms with Crippen LogP contribution < -0.4 is 9.47 Å². The highest BCUT2D eigenvalue weighted by Crippen LogP contribution is 2.33. The Kier molecular flexibility index (Phi) is 5.39. The first-order chi connectivity index (χ1) is 11.2. The predicted octanol–water partition coefficient (Wildman–Crippen LogP) is 4.01. The standard InChI is InChI=1S/C19H16N2O2/c1-14-5-3-6-15(9-14)13-23-19-17(10-16(11-20)12-21)7-4-8-18(19)22-2/h3-10H,13H2,1-2H3. The Bertz CT molecular complexity index is 795. The summed E-state index contributed by atoms with van der Waals surface area (Å²) in [5.41, 5.74) is 2.84. The molecule has 0 amide bonds. The Labute approximate surface area is 135 Å². The SMILES string of the molecule is COc1cccc(C=C(C#N)C#N)c1OCc1cccc(C)c1. The maximum atomic E-state index is 8.93. The van der Waals surface area contributed by atoms with E-state index in [0.29, 0.717) is 23.7 Å². The first-order valence-corrected chi connectivity index (χ1v) is 7.05. The Morgan fingerprint density at radius 1 is 1.13 bits per heavy atom. The summed E-state index contributed by atoms with van der Waals surface area (Å²) in [4.78, 5) is 0. The van der Waals surface area contributed by atoms with Crippen molar-refractivity contribution in [2.75, 3.05) is 7.11 Å². The van der Waals surface area contributed by atoms with E-state index in [-0.39, 0.29) is 5.57 Å². The van der Waals surface area contributed by atoms with Crippen LogP contribution in [0.2, 0.25) is 0 Å². The van der Waals surface area contributed by atoms with Gasteiger partial charge in [0, 0.05) is 5.56 Å². The first kappa shape index (κ1) is 16.1. The molecule has 0 heterocycles. The lowest BCUT2D eigenvalue weighted by Gasteiger charge is -2.13. The van der Waals surface area contributed by atoms with Crippen molar-refractivity contribution in [2.45, 2.75) is 13.5 Å². The highest BCUT2D eigenvalue weighted by molar-refractivity contribution is 5.69. The highest BCUT2D eigenvalue weighted by atomic mass is 16.5. The van der Waals surface area contributed by atoms with E-state index in [1.165, 1.54) is 6.08 Å². The predicted molar refractivity (Wildman–Crippen MR) is 87.7 cm³/mol. The number of nitrogens with zero attached hydrogens (tertiary/aromatic N) is 2. The first-order valence-electron chi connectivity index (χ1n) is 7.05. The van der Waals surface area contributed by atoms with E-state index >= 15 is 0 Å². The molecule has 23 heavy (non-hydrogen) atoms. The molecule has 0 saturated carbocycles. The van der Waals surface area contributed by atoms with E-state index in [1.54, 1.807) is 25.3 Å². The van der Waals surface area contributed by atoms with E-state index < -0.39 is 0 Å². The van der Waals surface area contributed by atoms with Gasteiger partial charge in [0.05, 0.1) is 7.11 Å². The molecule has 4 heteroatoms. The van der Waals surface area contributed by atoms with Crippen molar-refractivity contribution < 1.29 is 9.47 Å². The van der Waals surface area contributed by atoms with Gasteiger partial charge in [0.15, 0.2) is 11.5 Å². The molecular formula is C19H16N2O2. The van der Waals surface area contributed by atoms with E-state index in [1.807, 2.05) is 43.3 Å². The number of benzene rings is 2. The second-order valence-corrected chi connectivity index (χ2v) is 4.94. The maximum absolute atomic E-state index is 8.93. The summed E-state index contributed by atoms with van der Waals surface area (Å²) in [7, 11) is 1.55. The molecule has 2 rings (SSSR count). The van der Waals surface area contributed by atoms with Crippen LogP contribution in [0.3, 0.4) is 0 Å². The van der Waals surface area contributed by atoms with Gasteiger partial charge in [-0.1, -0.05) is 42.0 Å². The van der Waals surface area contributed by atoms with Crippen molar-refractivity contribution in [1.29, 1.82) is 10.5 Å². The van der Waals surface area contributed by atoms with Crippen LogP contribution in [0.4, 0.5) is 0 Å². The third kappa shape index (κ3) is 4.12. The molecule has 0 N–H and O–H groups in total. The van der Waals surface area contributed by atoms with Crippen LogP contribution in [0, 0.1) is 29.6 Å². The molecule has 0 spiro atoms. The molecule has 0 fully saturated rings. The van der Waals surface area contributed by atoms with Crippen molar-refractivity contribution >= 4 is 6.08 Å². The minimum atomic E-state index is 0.0126.